The molecule has 0 amide bonds. The SMILES string of the molecule is CCOC(=O)C1=C[C@@H](C(C)C)N(C)[C@H]1c1ccc(C(=O)O)cc1. The third kappa shape index (κ3) is 3.45. The molecule has 5 heteroatoms. The standard InChI is InChI=1S/C18H23NO4/c1-5-23-18(22)14-10-15(11(2)3)19(4)16(14)12-6-8-13(9-7-12)17(20)21/h6-11,15-16H,5H2,1-4H3,(H,20,21)/t15-,16-/m0/s1. The van der Waals surface area contributed by atoms with E-state index in [1.54, 1.807) is 31.2 Å². The first-order valence-corrected chi connectivity index (χ1v) is 7.80. The number of likely N-dealkylation sites (N-methyl/N-ethyl adjacent to an activating group) is 1. The number of benzene rings is 1. The molecule has 0 fully saturated rings. The van der Waals surface area contributed by atoms with Crippen molar-refractivity contribution in [3.05, 3.63) is 47.0 Å². The molecule has 1 N–H and O–H groups in total. The van der Waals surface area contributed by atoms with Crippen LogP contribution in [0.25, 0.3) is 0 Å². The lowest BCUT2D eigenvalue weighted by atomic mass is 9.99. The molecule has 1 aromatic rings. The molecule has 2 rings (SSSR count). The Morgan fingerprint density at radius 1 is 1.26 bits per heavy atom. The van der Waals surface area contributed by atoms with Crippen LogP contribution in [0.1, 0.15) is 42.7 Å². The molecule has 1 heterocycles. The number of esters is 1. The Morgan fingerprint density at radius 2 is 1.87 bits per heavy atom. The highest BCUT2D eigenvalue weighted by molar-refractivity contribution is 5.91. The van der Waals surface area contributed by atoms with Crippen LogP contribution in [-0.4, -0.2) is 41.6 Å². The minimum Gasteiger partial charge on any atom is -0.478 e. The van der Waals surface area contributed by atoms with Crippen LogP contribution in [0.15, 0.2) is 35.9 Å². The zero-order chi connectivity index (χ0) is 17.1. The van der Waals surface area contributed by atoms with E-state index in [1.807, 2.05) is 13.1 Å². The van der Waals surface area contributed by atoms with Gasteiger partial charge in [-0.15, -0.1) is 0 Å². The van der Waals surface area contributed by atoms with Crippen molar-refractivity contribution in [1.29, 1.82) is 0 Å². The van der Waals surface area contributed by atoms with Crippen molar-refractivity contribution >= 4 is 11.9 Å². The third-order valence-corrected chi connectivity index (χ3v) is 4.19. The van der Waals surface area contributed by atoms with Crippen LogP contribution in [0.2, 0.25) is 0 Å². The highest BCUT2D eigenvalue weighted by Crippen LogP contribution is 2.38. The molecule has 0 bridgehead atoms. The number of aromatic carboxylic acids is 1. The number of carbonyl (C=O) groups is 2. The first-order valence-electron chi connectivity index (χ1n) is 7.80. The van der Waals surface area contributed by atoms with Crippen molar-refractivity contribution in [2.24, 2.45) is 5.92 Å². The van der Waals surface area contributed by atoms with Crippen LogP contribution in [0.5, 0.6) is 0 Å². The summed E-state index contributed by atoms with van der Waals surface area (Å²) >= 11 is 0. The number of hydrogen-bond acceptors (Lipinski definition) is 4. The zero-order valence-corrected chi connectivity index (χ0v) is 13.9. The molecular weight excluding hydrogens is 294 g/mol. The summed E-state index contributed by atoms with van der Waals surface area (Å²) in [6, 6.07) is 6.58. The highest BCUT2D eigenvalue weighted by Gasteiger charge is 2.38. The summed E-state index contributed by atoms with van der Waals surface area (Å²) in [5, 5.41) is 9.02. The predicted octanol–water partition coefficient (Wildman–Crippen LogP) is 2.89. The molecule has 0 aliphatic carbocycles. The number of nitrogens with zero attached hydrogens (tertiary/aromatic N) is 1. The molecule has 1 aliphatic heterocycles. The maximum Gasteiger partial charge on any atom is 0.335 e. The summed E-state index contributed by atoms with van der Waals surface area (Å²) in [6.45, 7) is 6.33. The van der Waals surface area contributed by atoms with E-state index in [1.165, 1.54) is 0 Å². The van der Waals surface area contributed by atoms with Crippen LogP contribution in [0, 0.1) is 5.92 Å². The molecule has 5 nitrogen and oxygen atoms in total. The lowest BCUT2D eigenvalue weighted by molar-refractivity contribution is -0.139. The second-order valence-corrected chi connectivity index (χ2v) is 6.07. The minimum absolute atomic E-state index is 0.138. The topological polar surface area (TPSA) is 66.8 Å². The van der Waals surface area contributed by atoms with Crippen molar-refractivity contribution < 1.29 is 19.4 Å². The summed E-state index contributed by atoms with van der Waals surface area (Å²) in [7, 11) is 1.98. The molecule has 1 aliphatic rings. The fourth-order valence-corrected chi connectivity index (χ4v) is 3.06. The van der Waals surface area contributed by atoms with Crippen LogP contribution < -0.4 is 0 Å². The van der Waals surface area contributed by atoms with Crippen molar-refractivity contribution in [1.82, 2.24) is 4.90 Å². The largest absolute Gasteiger partial charge is 0.478 e. The molecular formula is C18H23NO4. The van der Waals surface area contributed by atoms with E-state index < -0.39 is 5.97 Å². The van der Waals surface area contributed by atoms with Gasteiger partial charge < -0.3 is 9.84 Å². The highest BCUT2D eigenvalue weighted by atomic mass is 16.5. The molecule has 23 heavy (non-hydrogen) atoms. The van der Waals surface area contributed by atoms with Gasteiger partial charge in [-0.25, -0.2) is 9.59 Å². The van der Waals surface area contributed by atoms with E-state index in [9.17, 15) is 9.59 Å². The number of carboxylic acids is 1. The second kappa shape index (κ2) is 6.96. The minimum atomic E-state index is -0.961. The average Bonchev–Trinajstić information content (AvgIpc) is 2.85. The maximum atomic E-state index is 12.3. The predicted molar refractivity (Wildman–Crippen MR) is 87.2 cm³/mol. The van der Waals surface area contributed by atoms with Crippen LogP contribution in [0.3, 0.4) is 0 Å². The molecule has 1 aromatic carbocycles. The van der Waals surface area contributed by atoms with Gasteiger partial charge in [0.1, 0.15) is 0 Å². The van der Waals surface area contributed by atoms with Crippen LogP contribution >= 0.6 is 0 Å². The molecule has 0 spiro atoms. The molecule has 0 aromatic heterocycles. The van der Waals surface area contributed by atoms with E-state index in [4.69, 9.17) is 9.84 Å². The first-order chi connectivity index (χ1) is 10.9. The zero-order valence-electron chi connectivity index (χ0n) is 13.9. The van der Waals surface area contributed by atoms with E-state index in [2.05, 4.69) is 18.7 Å². The summed E-state index contributed by atoms with van der Waals surface area (Å²) < 4.78 is 5.19. The number of carbonyl (C=O) groups excluding carboxylic acids is 1. The van der Waals surface area contributed by atoms with E-state index in [0.717, 1.165) is 5.56 Å². The van der Waals surface area contributed by atoms with Crippen LogP contribution in [-0.2, 0) is 9.53 Å². The maximum absolute atomic E-state index is 12.3. The van der Waals surface area contributed by atoms with Crippen molar-refractivity contribution in [2.45, 2.75) is 32.9 Å². The van der Waals surface area contributed by atoms with Gasteiger partial charge in [-0.05, 0) is 37.6 Å². The third-order valence-electron chi connectivity index (χ3n) is 4.19. The lowest BCUT2D eigenvalue weighted by Gasteiger charge is -2.29. The quantitative estimate of drug-likeness (QED) is 0.846. The summed E-state index contributed by atoms with van der Waals surface area (Å²) in [4.78, 5) is 25.4. The molecule has 0 radical (unpaired) electrons. The molecule has 0 saturated carbocycles. The monoisotopic (exact) mass is 317 g/mol. The second-order valence-electron chi connectivity index (χ2n) is 6.07. The Kier molecular flexibility index (Phi) is 5.21. The van der Waals surface area contributed by atoms with Crippen molar-refractivity contribution in [3.63, 3.8) is 0 Å². The van der Waals surface area contributed by atoms with Gasteiger partial charge in [0.15, 0.2) is 0 Å². The first kappa shape index (κ1) is 17.2. The summed E-state index contributed by atoms with van der Waals surface area (Å²) in [5.41, 5.74) is 1.74. The molecule has 0 unspecified atom stereocenters. The van der Waals surface area contributed by atoms with Crippen LogP contribution in [0.4, 0.5) is 0 Å². The van der Waals surface area contributed by atoms with Crippen molar-refractivity contribution in [2.75, 3.05) is 13.7 Å². The fraction of sp³-hybridized carbons (Fsp3) is 0.444. The van der Waals surface area contributed by atoms with Gasteiger partial charge in [0, 0.05) is 6.04 Å². The van der Waals surface area contributed by atoms with Crippen molar-refractivity contribution in [3.8, 4) is 0 Å². The number of ether oxygens (including phenoxy) is 1. The van der Waals surface area contributed by atoms with Gasteiger partial charge in [0.05, 0.1) is 23.8 Å². The Labute approximate surface area is 136 Å². The van der Waals surface area contributed by atoms with E-state index in [0.29, 0.717) is 18.1 Å². The molecule has 2 atom stereocenters. The van der Waals surface area contributed by atoms with E-state index in [-0.39, 0.29) is 23.6 Å². The number of carboxylic acid groups (broad SMARTS) is 1. The normalized spacial score (nSPS) is 21.3. The average molecular weight is 317 g/mol. The number of hydrogen-bond donors (Lipinski definition) is 1. The Morgan fingerprint density at radius 3 is 2.35 bits per heavy atom. The summed E-state index contributed by atoms with van der Waals surface area (Å²) in [6.07, 6.45) is 1.97. The molecule has 0 saturated heterocycles. The van der Waals surface area contributed by atoms with Gasteiger partial charge in [-0.3, -0.25) is 4.90 Å². The van der Waals surface area contributed by atoms with E-state index >= 15 is 0 Å². The van der Waals surface area contributed by atoms with Gasteiger partial charge in [-0.2, -0.15) is 0 Å². The Bertz CT molecular complexity index is 618. The summed E-state index contributed by atoms with van der Waals surface area (Å²) in [5.74, 6) is -0.917. The Balaban J connectivity index is 2.38. The smallest absolute Gasteiger partial charge is 0.335 e. The van der Waals surface area contributed by atoms with Gasteiger partial charge in [0.2, 0.25) is 0 Å². The number of rotatable bonds is 5. The van der Waals surface area contributed by atoms with Gasteiger partial charge in [-0.1, -0.05) is 32.1 Å². The van der Waals surface area contributed by atoms with Gasteiger partial charge >= 0.3 is 11.9 Å². The Hall–Kier alpha value is -2.14. The molecule has 124 valence electrons. The van der Waals surface area contributed by atoms with Gasteiger partial charge in [0.25, 0.3) is 0 Å². The lowest BCUT2D eigenvalue weighted by Crippen LogP contribution is -2.33. The fourth-order valence-electron chi connectivity index (χ4n) is 3.06.